The van der Waals surface area contributed by atoms with Gasteiger partial charge in [0.2, 0.25) is 0 Å². The van der Waals surface area contributed by atoms with Gasteiger partial charge in [0.1, 0.15) is 6.61 Å². The Morgan fingerprint density at radius 2 is 2.14 bits per heavy atom. The average Bonchev–Trinajstić information content (AvgIpc) is 2.47. The number of hydrogen-bond acceptors (Lipinski definition) is 3. The van der Waals surface area contributed by atoms with E-state index in [9.17, 15) is 4.39 Å². The van der Waals surface area contributed by atoms with Gasteiger partial charge in [-0.2, -0.15) is 0 Å². The molecule has 3 N–H and O–H groups in total. The molecular weight excluding hydrogens is 295 g/mol. The molecule has 6 heteroatoms. The van der Waals surface area contributed by atoms with Crippen molar-refractivity contribution in [2.45, 2.75) is 13.5 Å². The standard InChI is InChI=1S/C15H14ClFN2O2/c1-9-7-10(15(18)19-20)5-6-11(9)8-21-14-12(16)3-2-4-13(14)17/h2-7,20H,8H2,1H3,(H2,18,19). The Labute approximate surface area is 126 Å². The summed E-state index contributed by atoms with van der Waals surface area (Å²) in [5.41, 5.74) is 7.85. The number of amidine groups is 1. The molecule has 4 nitrogen and oxygen atoms in total. The van der Waals surface area contributed by atoms with Crippen molar-refractivity contribution in [2.24, 2.45) is 10.9 Å². The largest absolute Gasteiger partial charge is 0.484 e. The van der Waals surface area contributed by atoms with Gasteiger partial charge in [-0.1, -0.05) is 35.0 Å². The molecule has 2 aromatic carbocycles. The summed E-state index contributed by atoms with van der Waals surface area (Å²) in [5.74, 6) is -0.449. The quantitative estimate of drug-likeness (QED) is 0.393. The van der Waals surface area contributed by atoms with Crippen LogP contribution in [-0.4, -0.2) is 11.0 Å². The molecule has 0 radical (unpaired) electrons. The SMILES string of the molecule is Cc1cc(/C(N)=N/O)ccc1COc1c(F)cccc1Cl. The fraction of sp³-hybridized carbons (Fsp3) is 0.133. The van der Waals surface area contributed by atoms with Crippen LogP contribution in [0.15, 0.2) is 41.6 Å². The molecule has 0 saturated heterocycles. The predicted octanol–water partition coefficient (Wildman–Crippen LogP) is 3.46. The van der Waals surface area contributed by atoms with Gasteiger partial charge in [0.05, 0.1) is 5.02 Å². The summed E-state index contributed by atoms with van der Waals surface area (Å²) < 4.78 is 19.0. The van der Waals surface area contributed by atoms with Crippen molar-refractivity contribution in [3.63, 3.8) is 0 Å². The maximum atomic E-state index is 13.6. The number of ether oxygens (including phenoxy) is 1. The molecule has 0 aliphatic heterocycles. The number of rotatable bonds is 4. The zero-order valence-electron chi connectivity index (χ0n) is 11.3. The van der Waals surface area contributed by atoms with Crippen LogP contribution in [0.5, 0.6) is 5.75 Å². The van der Waals surface area contributed by atoms with Crippen molar-refractivity contribution in [3.05, 3.63) is 63.9 Å². The molecule has 0 bridgehead atoms. The minimum absolute atomic E-state index is 0.0269. The second-order valence-corrected chi connectivity index (χ2v) is 4.87. The minimum Gasteiger partial charge on any atom is -0.484 e. The maximum absolute atomic E-state index is 13.6. The number of aryl methyl sites for hydroxylation is 1. The van der Waals surface area contributed by atoms with E-state index < -0.39 is 5.82 Å². The van der Waals surface area contributed by atoms with Crippen LogP contribution in [0.3, 0.4) is 0 Å². The molecule has 0 fully saturated rings. The first kappa shape index (κ1) is 15.1. The van der Waals surface area contributed by atoms with E-state index in [-0.39, 0.29) is 23.2 Å². The van der Waals surface area contributed by atoms with E-state index in [4.69, 9.17) is 27.3 Å². The number of benzene rings is 2. The Hall–Kier alpha value is -2.27. The third kappa shape index (κ3) is 3.44. The van der Waals surface area contributed by atoms with Gasteiger partial charge in [-0.15, -0.1) is 0 Å². The predicted molar refractivity (Wildman–Crippen MR) is 79.4 cm³/mol. The van der Waals surface area contributed by atoms with E-state index in [0.717, 1.165) is 11.1 Å². The third-order valence-corrected chi connectivity index (χ3v) is 3.33. The van der Waals surface area contributed by atoms with Gasteiger partial charge in [-0.3, -0.25) is 0 Å². The van der Waals surface area contributed by atoms with Crippen molar-refractivity contribution in [2.75, 3.05) is 0 Å². The lowest BCUT2D eigenvalue weighted by atomic mass is 10.1. The Balaban J connectivity index is 2.18. The van der Waals surface area contributed by atoms with Crippen molar-refractivity contribution in [1.29, 1.82) is 0 Å². The fourth-order valence-electron chi connectivity index (χ4n) is 1.85. The highest BCUT2D eigenvalue weighted by Crippen LogP contribution is 2.28. The summed E-state index contributed by atoms with van der Waals surface area (Å²) >= 11 is 5.90. The number of nitrogens with two attached hydrogens (primary N) is 1. The lowest BCUT2D eigenvalue weighted by molar-refractivity contribution is 0.290. The molecular formula is C15H14ClFN2O2. The molecule has 2 aromatic rings. The van der Waals surface area contributed by atoms with Crippen molar-refractivity contribution >= 4 is 17.4 Å². The van der Waals surface area contributed by atoms with Crippen LogP contribution in [0.2, 0.25) is 5.02 Å². The topological polar surface area (TPSA) is 67.8 Å². The van der Waals surface area contributed by atoms with Gasteiger partial charge in [-0.25, -0.2) is 4.39 Å². The molecule has 0 atom stereocenters. The van der Waals surface area contributed by atoms with Crippen LogP contribution < -0.4 is 10.5 Å². The van der Waals surface area contributed by atoms with E-state index in [2.05, 4.69) is 5.16 Å². The van der Waals surface area contributed by atoms with Crippen LogP contribution in [0.4, 0.5) is 4.39 Å². The monoisotopic (exact) mass is 308 g/mol. The van der Waals surface area contributed by atoms with E-state index in [1.807, 2.05) is 6.92 Å². The van der Waals surface area contributed by atoms with Gasteiger partial charge < -0.3 is 15.7 Å². The summed E-state index contributed by atoms with van der Waals surface area (Å²) in [5, 5.41) is 11.8. The second kappa shape index (κ2) is 6.45. The van der Waals surface area contributed by atoms with Gasteiger partial charge in [-0.05, 0) is 36.2 Å². The van der Waals surface area contributed by atoms with Crippen molar-refractivity contribution < 1.29 is 14.3 Å². The number of hydrogen-bond donors (Lipinski definition) is 2. The number of para-hydroxylation sites is 1. The molecule has 0 aliphatic rings. The number of nitrogens with zero attached hydrogens (tertiary/aromatic N) is 1. The first-order valence-electron chi connectivity index (χ1n) is 6.17. The molecule has 0 spiro atoms. The minimum atomic E-state index is -0.506. The van der Waals surface area contributed by atoms with E-state index in [0.29, 0.717) is 5.56 Å². The lowest BCUT2D eigenvalue weighted by Gasteiger charge is -2.11. The van der Waals surface area contributed by atoms with Gasteiger partial charge in [0.15, 0.2) is 17.4 Å². The highest BCUT2D eigenvalue weighted by Gasteiger charge is 2.10. The third-order valence-electron chi connectivity index (χ3n) is 3.04. The van der Waals surface area contributed by atoms with Crippen molar-refractivity contribution in [3.8, 4) is 5.75 Å². The second-order valence-electron chi connectivity index (χ2n) is 4.47. The van der Waals surface area contributed by atoms with Crippen LogP contribution in [0.25, 0.3) is 0 Å². The zero-order valence-corrected chi connectivity index (χ0v) is 12.1. The highest BCUT2D eigenvalue weighted by atomic mass is 35.5. The van der Waals surface area contributed by atoms with Crippen LogP contribution in [0.1, 0.15) is 16.7 Å². The van der Waals surface area contributed by atoms with Crippen LogP contribution in [-0.2, 0) is 6.61 Å². The summed E-state index contributed by atoms with van der Waals surface area (Å²) in [7, 11) is 0. The first-order valence-corrected chi connectivity index (χ1v) is 6.55. The molecule has 0 heterocycles. The normalized spacial score (nSPS) is 11.5. The van der Waals surface area contributed by atoms with Gasteiger partial charge in [0, 0.05) is 5.56 Å². The molecule has 0 aliphatic carbocycles. The molecule has 0 saturated carbocycles. The van der Waals surface area contributed by atoms with E-state index in [1.54, 1.807) is 24.3 Å². The molecule has 0 unspecified atom stereocenters. The van der Waals surface area contributed by atoms with Gasteiger partial charge >= 0.3 is 0 Å². The van der Waals surface area contributed by atoms with Crippen LogP contribution >= 0.6 is 11.6 Å². The summed E-state index contributed by atoms with van der Waals surface area (Å²) in [6.07, 6.45) is 0. The molecule has 21 heavy (non-hydrogen) atoms. The summed E-state index contributed by atoms with van der Waals surface area (Å²) in [6.45, 7) is 2.03. The highest BCUT2D eigenvalue weighted by molar-refractivity contribution is 6.32. The van der Waals surface area contributed by atoms with Crippen LogP contribution in [0, 0.1) is 12.7 Å². The zero-order chi connectivity index (χ0) is 15.4. The van der Waals surface area contributed by atoms with Gasteiger partial charge in [0.25, 0.3) is 0 Å². The smallest absolute Gasteiger partial charge is 0.174 e. The molecule has 2 rings (SSSR count). The number of oxime groups is 1. The van der Waals surface area contributed by atoms with E-state index in [1.165, 1.54) is 12.1 Å². The summed E-state index contributed by atoms with van der Waals surface area (Å²) in [6, 6.07) is 9.60. The van der Waals surface area contributed by atoms with E-state index >= 15 is 0 Å². The Kier molecular flexibility index (Phi) is 4.65. The lowest BCUT2D eigenvalue weighted by Crippen LogP contribution is -2.13. The number of halogens is 2. The molecule has 0 amide bonds. The molecule has 110 valence electrons. The first-order chi connectivity index (χ1) is 10.0. The summed E-state index contributed by atoms with van der Waals surface area (Å²) in [4.78, 5) is 0. The Morgan fingerprint density at radius 3 is 2.76 bits per heavy atom. The fourth-order valence-corrected chi connectivity index (χ4v) is 2.06. The molecule has 0 aromatic heterocycles. The maximum Gasteiger partial charge on any atom is 0.174 e. The Bertz CT molecular complexity index is 669. The Morgan fingerprint density at radius 1 is 1.38 bits per heavy atom. The van der Waals surface area contributed by atoms with Crippen molar-refractivity contribution in [1.82, 2.24) is 0 Å². The average molecular weight is 309 g/mol.